The molecule has 6 heteroatoms. The fourth-order valence-corrected chi connectivity index (χ4v) is 3.83. The van der Waals surface area contributed by atoms with Gasteiger partial charge in [-0.3, -0.25) is 9.89 Å². The number of aromatic nitrogens is 3. The van der Waals surface area contributed by atoms with E-state index in [0.717, 1.165) is 40.4 Å². The summed E-state index contributed by atoms with van der Waals surface area (Å²) in [5, 5.41) is 10.4. The van der Waals surface area contributed by atoms with E-state index in [1.54, 1.807) is 0 Å². The summed E-state index contributed by atoms with van der Waals surface area (Å²) in [5.74, 6) is 2.07. The summed E-state index contributed by atoms with van der Waals surface area (Å²) in [6.07, 6.45) is 4.99. The Balaban J connectivity index is 1.36. The van der Waals surface area contributed by atoms with Crippen LogP contribution in [0.2, 0.25) is 0 Å². The Morgan fingerprint density at radius 1 is 1.19 bits per heavy atom. The van der Waals surface area contributed by atoms with Crippen molar-refractivity contribution in [3.05, 3.63) is 30.6 Å². The molecule has 0 aliphatic heterocycles. The fourth-order valence-electron chi connectivity index (χ4n) is 3.13. The summed E-state index contributed by atoms with van der Waals surface area (Å²) >= 11 is 1.51. The van der Waals surface area contributed by atoms with Gasteiger partial charge in [0.1, 0.15) is 6.33 Å². The van der Waals surface area contributed by atoms with Crippen LogP contribution in [-0.2, 0) is 4.79 Å². The lowest BCUT2D eigenvalue weighted by molar-refractivity contribution is -0.120. The maximum absolute atomic E-state index is 12.2. The van der Waals surface area contributed by atoms with Crippen LogP contribution in [-0.4, -0.2) is 21.1 Å². The summed E-state index contributed by atoms with van der Waals surface area (Å²) < 4.78 is 0. The van der Waals surface area contributed by atoms with Gasteiger partial charge in [0.25, 0.3) is 0 Å². The van der Waals surface area contributed by atoms with E-state index in [1.807, 2.05) is 24.3 Å². The van der Waals surface area contributed by atoms with Gasteiger partial charge in [-0.15, -0.1) is 0 Å². The third-order valence-electron chi connectivity index (χ3n) is 4.34. The number of anilines is 1. The molecule has 2 aromatic rings. The van der Waals surface area contributed by atoms with Gasteiger partial charge in [0.05, 0.1) is 0 Å². The molecule has 0 saturated heterocycles. The average molecular weight is 300 g/mol. The predicted molar refractivity (Wildman–Crippen MR) is 79.9 cm³/mol. The Bertz CT molecular complexity index is 630. The predicted octanol–water partition coefficient (Wildman–Crippen LogP) is 2.94. The number of hydrogen-bond acceptors (Lipinski definition) is 4. The number of fused-ring (bicyclic) bond motifs is 1. The molecule has 0 bridgehead atoms. The lowest BCUT2D eigenvalue weighted by atomic mass is 10.0. The molecule has 1 aromatic heterocycles. The smallest absolute Gasteiger partial charge is 0.227 e. The molecule has 2 atom stereocenters. The summed E-state index contributed by atoms with van der Waals surface area (Å²) in [6, 6.07) is 7.84. The van der Waals surface area contributed by atoms with Crippen LogP contribution in [0.25, 0.3) is 0 Å². The molecule has 1 aromatic carbocycles. The topological polar surface area (TPSA) is 70.7 Å². The largest absolute Gasteiger partial charge is 0.326 e. The Kier molecular flexibility index (Phi) is 3.18. The van der Waals surface area contributed by atoms with Gasteiger partial charge in [-0.25, -0.2) is 4.98 Å². The van der Waals surface area contributed by atoms with Gasteiger partial charge in [0.2, 0.25) is 5.91 Å². The van der Waals surface area contributed by atoms with Gasteiger partial charge >= 0.3 is 0 Å². The zero-order chi connectivity index (χ0) is 14.2. The molecule has 0 radical (unpaired) electrons. The summed E-state index contributed by atoms with van der Waals surface area (Å²) in [6.45, 7) is 0. The van der Waals surface area contributed by atoms with Crippen molar-refractivity contribution >= 4 is 23.4 Å². The number of rotatable bonds is 4. The van der Waals surface area contributed by atoms with E-state index in [0.29, 0.717) is 0 Å². The highest BCUT2D eigenvalue weighted by molar-refractivity contribution is 7.99. The standard InChI is InChI=1S/C15H16N4OS/c20-14(11-6-9-5-10(9)7-11)18-12-1-3-13(4-2-12)21-15-16-8-17-19-15/h1-4,8-11H,5-7H2,(H,18,20)(H,16,17,19). The van der Waals surface area contributed by atoms with Gasteiger partial charge in [-0.1, -0.05) is 11.8 Å². The van der Waals surface area contributed by atoms with Crippen LogP contribution < -0.4 is 5.32 Å². The fraction of sp³-hybridized carbons (Fsp3) is 0.400. The lowest BCUT2D eigenvalue weighted by Crippen LogP contribution is -2.21. The van der Waals surface area contributed by atoms with Gasteiger partial charge in [-0.05, 0) is 55.4 Å². The first kappa shape index (κ1) is 12.9. The number of H-pyrrole nitrogens is 1. The Morgan fingerprint density at radius 2 is 1.95 bits per heavy atom. The van der Waals surface area contributed by atoms with E-state index in [4.69, 9.17) is 0 Å². The van der Waals surface area contributed by atoms with E-state index in [2.05, 4.69) is 20.5 Å². The molecule has 2 aliphatic rings. The number of benzene rings is 1. The van der Waals surface area contributed by atoms with Crippen LogP contribution in [0.15, 0.2) is 40.6 Å². The van der Waals surface area contributed by atoms with Gasteiger partial charge in [0, 0.05) is 16.5 Å². The molecule has 0 spiro atoms. The maximum atomic E-state index is 12.2. The molecular weight excluding hydrogens is 284 g/mol. The van der Waals surface area contributed by atoms with Crippen molar-refractivity contribution in [2.75, 3.05) is 5.32 Å². The molecule has 4 rings (SSSR count). The van der Waals surface area contributed by atoms with Gasteiger partial charge < -0.3 is 5.32 Å². The zero-order valence-electron chi connectivity index (χ0n) is 11.5. The lowest BCUT2D eigenvalue weighted by Gasteiger charge is -2.12. The van der Waals surface area contributed by atoms with E-state index in [-0.39, 0.29) is 11.8 Å². The van der Waals surface area contributed by atoms with Crippen molar-refractivity contribution in [1.82, 2.24) is 15.2 Å². The van der Waals surface area contributed by atoms with Crippen LogP contribution >= 0.6 is 11.8 Å². The van der Waals surface area contributed by atoms with E-state index in [9.17, 15) is 4.79 Å². The highest BCUT2D eigenvalue weighted by atomic mass is 32.2. The Morgan fingerprint density at radius 3 is 2.62 bits per heavy atom. The summed E-state index contributed by atoms with van der Waals surface area (Å²) in [5.41, 5.74) is 0.863. The molecule has 2 aliphatic carbocycles. The molecule has 21 heavy (non-hydrogen) atoms. The van der Waals surface area contributed by atoms with E-state index >= 15 is 0 Å². The second-order valence-corrected chi connectivity index (χ2v) is 6.89. The van der Waals surface area contributed by atoms with E-state index in [1.165, 1.54) is 24.5 Å². The minimum Gasteiger partial charge on any atom is -0.326 e. The molecule has 2 unspecified atom stereocenters. The number of carbonyl (C=O) groups is 1. The summed E-state index contributed by atoms with van der Waals surface area (Å²) in [4.78, 5) is 17.3. The molecule has 2 N–H and O–H groups in total. The molecule has 1 amide bonds. The Labute approximate surface area is 126 Å². The number of aromatic amines is 1. The third kappa shape index (κ3) is 2.81. The second-order valence-electron chi connectivity index (χ2n) is 5.83. The van der Waals surface area contributed by atoms with Crippen molar-refractivity contribution in [2.24, 2.45) is 17.8 Å². The first-order chi connectivity index (χ1) is 10.3. The van der Waals surface area contributed by atoms with Gasteiger partial charge in [-0.2, -0.15) is 5.10 Å². The van der Waals surface area contributed by atoms with Crippen LogP contribution in [0, 0.1) is 17.8 Å². The van der Waals surface area contributed by atoms with Gasteiger partial charge in [0.15, 0.2) is 5.16 Å². The number of amides is 1. The molecule has 2 saturated carbocycles. The van der Waals surface area contributed by atoms with Crippen molar-refractivity contribution in [3.8, 4) is 0 Å². The van der Waals surface area contributed by atoms with Crippen molar-refractivity contribution in [2.45, 2.75) is 29.3 Å². The Hall–Kier alpha value is -1.82. The van der Waals surface area contributed by atoms with Crippen LogP contribution in [0.1, 0.15) is 19.3 Å². The van der Waals surface area contributed by atoms with Crippen molar-refractivity contribution in [3.63, 3.8) is 0 Å². The minimum absolute atomic E-state index is 0.179. The average Bonchev–Trinajstić information content (AvgIpc) is 2.92. The maximum Gasteiger partial charge on any atom is 0.227 e. The molecule has 5 nitrogen and oxygen atoms in total. The molecule has 2 fully saturated rings. The van der Waals surface area contributed by atoms with Crippen molar-refractivity contribution < 1.29 is 4.79 Å². The SMILES string of the molecule is O=C(Nc1ccc(Sc2ncn[nH]2)cc1)C1CC2CC2C1. The number of nitrogens with zero attached hydrogens (tertiary/aromatic N) is 2. The first-order valence-electron chi connectivity index (χ1n) is 7.22. The first-order valence-corrected chi connectivity index (χ1v) is 8.04. The molecule has 1 heterocycles. The minimum atomic E-state index is 0.179. The van der Waals surface area contributed by atoms with Crippen LogP contribution in [0.5, 0.6) is 0 Å². The number of hydrogen-bond donors (Lipinski definition) is 2. The highest BCUT2D eigenvalue weighted by Crippen LogP contribution is 2.54. The quantitative estimate of drug-likeness (QED) is 0.910. The summed E-state index contributed by atoms with van der Waals surface area (Å²) in [7, 11) is 0. The monoisotopic (exact) mass is 300 g/mol. The second kappa shape index (κ2) is 5.18. The molecular formula is C15H16N4OS. The number of carbonyl (C=O) groups excluding carboxylic acids is 1. The normalized spacial score (nSPS) is 26.4. The highest BCUT2D eigenvalue weighted by Gasteiger charge is 2.47. The van der Waals surface area contributed by atoms with Crippen LogP contribution in [0.3, 0.4) is 0 Å². The zero-order valence-corrected chi connectivity index (χ0v) is 12.3. The van der Waals surface area contributed by atoms with Crippen LogP contribution in [0.4, 0.5) is 5.69 Å². The third-order valence-corrected chi connectivity index (χ3v) is 5.24. The molecule has 108 valence electrons. The number of nitrogens with one attached hydrogen (secondary N) is 2. The van der Waals surface area contributed by atoms with Crippen molar-refractivity contribution in [1.29, 1.82) is 0 Å². The van der Waals surface area contributed by atoms with E-state index < -0.39 is 0 Å².